The Morgan fingerprint density at radius 1 is 1.20 bits per heavy atom. The number of nitrogens with zero attached hydrogens (tertiary/aromatic N) is 4. The number of anilines is 1. The first-order valence-corrected chi connectivity index (χ1v) is 7.20. The lowest BCUT2D eigenvalue weighted by molar-refractivity contribution is 0.498. The minimum atomic E-state index is 0.500. The number of piperidine rings is 1. The number of aryl methyl sites for hydroxylation is 2. The molecule has 0 spiro atoms. The van der Waals surface area contributed by atoms with Crippen molar-refractivity contribution in [2.24, 2.45) is 0 Å². The van der Waals surface area contributed by atoms with Gasteiger partial charge < -0.3 is 4.90 Å². The van der Waals surface area contributed by atoms with Crippen LogP contribution >= 0.6 is 0 Å². The van der Waals surface area contributed by atoms with Gasteiger partial charge in [0.2, 0.25) is 0 Å². The third kappa shape index (κ3) is 2.79. The first kappa shape index (κ1) is 13.0. The van der Waals surface area contributed by atoms with Crippen LogP contribution in [0.15, 0.2) is 30.5 Å². The molecule has 1 aliphatic rings. The Kier molecular flexibility index (Phi) is 3.63. The third-order valence-electron chi connectivity index (χ3n) is 3.80. The minimum Gasteiger partial charge on any atom is -0.356 e. The standard InChI is InChI=1S/C16H20N4/c1-12-10-16(19-13(2)18-12)20-9-5-6-14(11-20)15-7-3-4-8-17-15/h3-4,7-8,10,14H,5-6,9,11H2,1-2H3/t14-/m1/s1. The molecule has 0 amide bonds. The zero-order chi connectivity index (χ0) is 13.9. The largest absolute Gasteiger partial charge is 0.356 e. The molecule has 0 unspecified atom stereocenters. The maximum absolute atomic E-state index is 4.58. The van der Waals surface area contributed by atoms with Crippen molar-refractivity contribution < 1.29 is 0 Å². The van der Waals surface area contributed by atoms with Crippen LogP contribution in [0.3, 0.4) is 0 Å². The second kappa shape index (κ2) is 5.57. The molecule has 0 N–H and O–H groups in total. The highest BCUT2D eigenvalue weighted by Crippen LogP contribution is 2.28. The van der Waals surface area contributed by atoms with Crippen LogP contribution in [-0.4, -0.2) is 28.0 Å². The van der Waals surface area contributed by atoms with E-state index >= 15 is 0 Å². The van der Waals surface area contributed by atoms with Gasteiger partial charge in [0.1, 0.15) is 11.6 Å². The lowest BCUT2D eigenvalue weighted by atomic mass is 9.94. The molecule has 0 bridgehead atoms. The zero-order valence-electron chi connectivity index (χ0n) is 12.1. The topological polar surface area (TPSA) is 41.9 Å². The van der Waals surface area contributed by atoms with Crippen molar-refractivity contribution in [3.05, 3.63) is 47.7 Å². The molecular weight excluding hydrogens is 248 g/mol. The number of rotatable bonds is 2. The highest BCUT2D eigenvalue weighted by atomic mass is 15.2. The van der Waals surface area contributed by atoms with Crippen LogP contribution in [0.25, 0.3) is 0 Å². The Bertz CT molecular complexity index is 562. The lowest BCUT2D eigenvalue weighted by Crippen LogP contribution is -2.35. The van der Waals surface area contributed by atoms with E-state index in [1.807, 2.05) is 26.1 Å². The van der Waals surface area contributed by atoms with Crippen LogP contribution in [0.5, 0.6) is 0 Å². The van der Waals surface area contributed by atoms with E-state index in [0.717, 1.165) is 30.4 Å². The van der Waals surface area contributed by atoms with Crippen molar-refractivity contribution in [2.45, 2.75) is 32.6 Å². The van der Waals surface area contributed by atoms with Gasteiger partial charge in [-0.3, -0.25) is 4.98 Å². The van der Waals surface area contributed by atoms with Gasteiger partial charge in [0, 0.05) is 42.7 Å². The molecule has 104 valence electrons. The summed E-state index contributed by atoms with van der Waals surface area (Å²) in [5, 5.41) is 0. The van der Waals surface area contributed by atoms with Crippen molar-refractivity contribution in [3.8, 4) is 0 Å². The normalized spacial score (nSPS) is 19.1. The summed E-state index contributed by atoms with van der Waals surface area (Å²) in [5.41, 5.74) is 2.23. The lowest BCUT2D eigenvalue weighted by Gasteiger charge is -2.33. The minimum absolute atomic E-state index is 0.500. The molecule has 4 heteroatoms. The van der Waals surface area contributed by atoms with Crippen LogP contribution in [0.2, 0.25) is 0 Å². The Labute approximate surface area is 119 Å². The molecule has 1 aliphatic heterocycles. The van der Waals surface area contributed by atoms with E-state index in [0.29, 0.717) is 5.92 Å². The van der Waals surface area contributed by atoms with Gasteiger partial charge in [-0.2, -0.15) is 0 Å². The van der Waals surface area contributed by atoms with Crippen LogP contribution in [0, 0.1) is 13.8 Å². The van der Waals surface area contributed by atoms with Gasteiger partial charge in [-0.15, -0.1) is 0 Å². The highest BCUT2D eigenvalue weighted by molar-refractivity contribution is 5.41. The highest BCUT2D eigenvalue weighted by Gasteiger charge is 2.23. The summed E-state index contributed by atoms with van der Waals surface area (Å²) in [6, 6.07) is 8.25. The predicted octanol–water partition coefficient (Wildman–Crippen LogP) is 2.87. The molecule has 2 aromatic rings. The van der Waals surface area contributed by atoms with Crippen molar-refractivity contribution in [1.82, 2.24) is 15.0 Å². The molecule has 0 aromatic carbocycles. The fourth-order valence-electron chi connectivity index (χ4n) is 2.90. The van der Waals surface area contributed by atoms with E-state index in [1.165, 1.54) is 18.5 Å². The maximum atomic E-state index is 4.58. The molecule has 4 nitrogen and oxygen atoms in total. The van der Waals surface area contributed by atoms with Gasteiger partial charge in [-0.1, -0.05) is 6.07 Å². The molecule has 1 saturated heterocycles. The number of pyridine rings is 1. The van der Waals surface area contributed by atoms with Gasteiger partial charge in [-0.05, 0) is 38.8 Å². The quantitative estimate of drug-likeness (QED) is 0.840. The molecule has 2 aromatic heterocycles. The fraction of sp³-hybridized carbons (Fsp3) is 0.438. The molecule has 20 heavy (non-hydrogen) atoms. The Morgan fingerprint density at radius 3 is 2.85 bits per heavy atom. The Hall–Kier alpha value is -1.97. The molecule has 3 rings (SSSR count). The average molecular weight is 268 g/mol. The average Bonchev–Trinajstić information content (AvgIpc) is 2.47. The van der Waals surface area contributed by atoms with Crippen LogP contribution in [-0.2, 0) is 0 Å². The predicted molar refractivity (Wildman–Crippen MR) is 79.9 cm³/mol. The summed E-state index contributed by atoms with van der Waals surface area (Å²) in [7, 11) is 0. The van der Waals surface area contributed by atoms with Crippen molar-refractivity contribution in [1.29, 1.82) is 0 Å². The van der Waals surface area contributed by atoms with E-state index in [4.69, 9.17) is 0 Å². The summed E-state index contributed by atoms with van der Waals surface area (Å²) in [4.78, 5) is 15.8. The summed E-state index contributed by atoms with van der Waals surface area (Å²) in [6.07, 6.45) is 4.27. The van der Waals surface area contributed by atoms with Crippen molar-refractivity contribution in [3.63, 3.8) is 0 Å². The number of aromatic nitrogens is 3. The molecule has 1 fully saturated rings. The molecule has 3 heterocycles. The van der Waals surface area contributed by atoms with Gasteiger partial charge in [0.05, 0.1) is 0 Å². The summed E-state index contributed by atoms with van der Waals surface area (Å²) < 4.78 is 0. The van der Waals surface area contributed by atoms with E-state index < -0.39 is 0 Å². The molecule has 0 aliphatic carbocycles. The second-order valence-corrected chi connectivity index (χ2v) is 5.45. The molecule has 0 saturated carbocycles. The van der Waals surface area contributed by atoms with E-state index in [-0.39, 0.29) is 0 Å². The maximum Gasteiger partial charge on any atom is 0.132 e. The van der Waals surface area contributed by atoms with E-state index in [2.05, 4.69) is 38.1 Å². The first-order valence-electron chi connectivity index (χ1n) is 7.20. The Morgan fingerprint density at radius 2 is 2.10 bits per heavy atom. The van der Waals surface area contributed by atoms with Crippen LogP contribution in [0.1, 0.15) is 36.0 Å². The summed E-state index contributed by atoms with van der Waals surface area (Å²) >= 11 is 0. The summed E-state index contributed by atoms with van der Waals surface area (Å²) in [5.74, 6) is 2.40. The Balaban J connectivity index is 1.81. The summed E-state index contributed by atoms with van der Waals surface area (Å²) in [6.45, 7) is 6.04. The molecule has 0 radical (unpaired) electrons. The van der Waals surface area contributed by atoms with Gasteiger partial charge >= 0.3 is 0 Å². The van der Waals surface area contributed by atoms with Gasteiger partial charge in [0.15, 0.2) is 0 Å². The number of hydrogen-bond acceptors (Lipinski definition) is 4. The first-order chi connectivity index (χ1) is 9.72. The monoisotopic (exact) mass is 268 g/mol. The fourth-order valence-corrected chi connectivity index (χ4v) is 2.90. The molecule has 1 atom stereocenters. The SMILES string of the molecule is Cc1cc(N2CCC[C@@H](c3ccccn3)C2)nc(C)n1. The van der Waals surface area contributed by atoms with E-state index in [1.54, 1.807) is 0 Å². The van der Waals surface area contributed by atoms with Crippen LogP contribution < -0.4 is 4.90 Å². The van der Waals surface area contributed by atoms with Gasteiger partial charge in [0.25, 0.3) is 0 Å². The second-order valence-electron chi connectivity index (χ2n) is 5.45. The van der Waals surface area contributed by atoms with Crippen molar-refractivity contribution >= 4 is 5.82 Å². The van der Waals surface area contributed by atoms with Crippen molar-refractivity contribution in [2.75, 3.05) is 18.0 Å². The van der Waals surface area contributed by atoms with Gasteiger partial charge in [-0.25, -0.2) is 9.97 Å². The van der Waals surface area contributed by atoms with E-state index in [9.17, 15) is 0 Å². The molecular formula is C16H20N4. The van der Waals surface area contributed by atoms with Crippen LogP contribution in [0.4, 0.5) is 5.82 Å². The zero-order valence-corrected chi connectivity index (χ0v) is 12.1. The smallest absolute Gasteiger partial charge is 0.132 e. The number of hydrogen-bond donors (Lipinski definition) is 0. The third-order valence-corrected chi connectivity index (χ3v) is 3.80.